The Morgan fingerprint density at radius 3 is 2.58 bits per heavy atom. The molecule has 0 fully saturated rings. The van der Waals surface area contributed by atoms with Gasteiger partial charge in [-0.3, -0.25) is 24.8 Å². The molecule has 1 aliphatic heterocycles. The van der Waals surface area contributed by atoms with Crippen molar-refractivity contribution in [3.05, 3.63) is 100 Å². The number of benzene rings is 2. The number of nitrogens with one attached hydrogen (secondary N) is 4. The molecule has 0 unspecified atom stereocenters. The Kier molecular flexibility index (Phi) is 9.57. The number of thiophene rings is 2. The van der Waals surface area contributed by atoms with Gasteiger partial charge < -0.3 is 20.1 Å². The van der Waals surface area contributed by atoms with Gasteiger partial charge in [0.15, 0.2) is 23.1 Å². The van der Waals surface area contributed by atoms with E-state index in [0.717, 1.165) is 54.6 Å². The minimum Gasteiger partial charge on any atom is -0.486 e. The number of aryl methyl sites for hydroxylation is 2. The van der Waals surface area contributed by atoms with E-state index in [1.807, 2.05) is 79.2 Å². The van der Waals surface area contributed by atoms with Gasteiger partial charge >= 0.3 is 0 Å². The molecule has 13 nitrogen and oxygen atoms in total. The number of hydrogen-bond acceptors (Lipinski definition) is 11. The van der Waals surface area contributed by atoms with Crippen molar-refractivity contribution in [2.24, 2.45) is 0 Å². The maximum atomic E-state index is 12.6. The smallest absolute Gasteiger partial charge is 0.229 e. The van der Waals surface area contributed by atoms with Crippen LogP contribution in [0, 0.1) is 13.8 Å². The fourth-order valence-electron chi connectivity index (χ4n) is 5.42. The van der Waals surface area contributed by atoms with Crippen LogP contribution in [0.15, 0.2) is 77.9 Å². The monoisotopic (exact) mass is 705 g/mol. The van der Waals surface area contributed by atoms with Crippen molar-refractivity contribution in [2.75, 3.05) is 23.8 Å². The number of aromatic nitrogens is 7. The lowest BCUT2D eigenvalue weighted by molar-refractivity contribution is -0.116. The average molecular weight is 706 g/mol. The first-order chi connectivity index (χ1) is 24.4. The van der Waals surface area contributed by atoms with E-state index in [9.17, 15) is 9.59 Å². The lowest BCUT2D eigenvalue weighted by atomic mass is 10.1. The lowest BCUT2D eigenvalue weighted by Crippen LogP contribution is -2.17. The highest BCUT2D eigenvalue weighted by atomic mass is 32.1. The third-order valence-corrected chi connectivity index (χ3v) is 9.60. The molecule has 252 valence electrons. The molecule has 7 aromatic rings. The van der Waals surface area contributed by atoms with Crippen LogP contribution in [0.4, 0.5) is 10.7 Å². The van der Waals surface area contributed by atoms with Crippen LogP contribution in [-0.4, -0.2) is 60.4 Å². The standard InChI is InChI=1S/C18H15N5OS.C17H16N4O3S/c1-11-9-25-18(16(11)17-20-10-21-23-17)22-15(24)8-12-4-2-6-14-13(12)5-3-7-19-14;1-10-18-17(21-20-10)16-12(4-7-25-16)19-15(22)9-11-2-3-13-14(8-11)24-6-5-23-13/h2-7,9-10H,8H2,1H3,(H,22,24)(H,20,21,23);2-4,7-8H,5-6,9H2,1H3,(H,19,22)(H,18,20,21). The molecular formula is C35H31N9O4S2. The van der Waals surface area contributed by atoms with E-state index < -0.39 is 0 Å². The van der Waals surface area contributed by atoms with Crippen molar-refractivity contribution < 1.29 is 19.1 Å². The number of H-pyrrole nitrogens is 2. The number of fused-ring (bicyclic) bond motifs is 2. The predicted octanol–water partition coefficient (Wildman–Crippen LogP) is 6.37. The Bertz CT molecular complexity index is 2270. The molecule has 2 aromatic carbocycles. The van der Waals surface area contributed by atoms with Crippen molar-refractivity contribution in [2.45, 2.75) is 26.7 Å². The predicted molar refractivity (Wildman–Crippen MR) is 193 cm³/mol. The number of aromatic amines is 2. The Morgan fingerprint density at radius 1 is 0.900 bits per heavy atom. The van der Waals surface area contributed by atoms with Gasteiger partial charge in [-0.15, -0.1) is 22.7 Å². The molecule has 1 aliphatic rings. The maximum Gasteiger partial charge on any atom is 0.229 e. The van der Waals surface area contributed by atoms with E-state index in [1.54, 1.807) is 6.20 Å². The zero-order chi connectivity index (χ0) is 34.5. The number of carbonyl (C=O) groups is 2. The summed E-state index contributed by atoms with van der Waals surface area (Å²) in [5.74, 6) is 3.20. The fourth-order valence-corrected chi connectivity index (χ4v) is 7.17. The molecule has 0 spiro atoms. The van der Waals surface area contributed by atoms with Crippen molar-refractivity contribution in [3.8, 4) is 33.6 Å². The zero-order valence-corrected chi connectivity index (χ0v) is 28.7. The van der Waals surface area contributed by atoms with Gasteiger partial charge in [0.05, 0.1) is 34.5 Å². The Labute approximate surface area is 294 Å². The molecule has 0 saturated carbocycles. The highest BCUT2D eigenvalue weighted by Gasteiger charge is 2.18. The van der Waals surface area contributed by atoms with Gasteiger partial charge in [-0.05, 0) is 71.6 Å². The number of rotatable bonds is 8. The summed E-state index contributed by atoms with van der Waals surface area (Å²) >= 11 is 2.97. The average Bonchev–Trinajstić information content (AvgIpc) is 3.95. The highest BCUT2D eigenvalue weighted by molar-refractivity contribution is 7.15. The topological polar surface area (TPSA) is 173 Å². The third kappa shape index (κ3) is 7.38. The summed E-state index contributed by atoms with van der Waals surface area (Å²) in [4.78, 5) is 38.7. The normalized spacial score (nSPS) is 11.9. The van der Waals surface area contributed by atoms with Gasteiger partial charge in [0, 0.05) is 11.6 Å². The Hall–Kier alpha value is -5.93. The summed E-state index contributed by atoms with van der Waals surface area (Å²) < 4.78 is 11.1. The molecule has 6 heterocycles. The second-order valence-electron chi connectivity index (χ2n) is 11.3. The van der Waals surface area contributed by atoms with Gasteiger partial charge in [0.2, 0.25) is 11.8 Å². The fraction of sp³-hybridized carbons (Fsp3) is 0.171. The highest BCUT2D eigenvalue weighted by Crippen LogP contribution is 2.35. The third-order valence-electron chi connectivity index (χ3n) is 7.68. The van der Waals surface area contributed by atoms with Gasteiger partial charge in [0.1, 0.15) is 30.4 Å². The SMILES string of the molecule is Cc1csc(NC(=O)Cc2cccc3ncccc23)c1-c1ncn[nH]1.Cc1nc(-c2sccc2NC(=O)Cc2ccc3c(c2)OCCO3)n[nH]1. The van der Waals surface area contributed by atoms with Gasteiger partial charge in [-0.2, -0.15) is 10.2 Å². The van der Waals surface area contributed by atoms with E-state index in [1.165, 1.54) is 29.0 Å². The van der Waals surface area contributed by atoms with E-state index >= 15 is 0 Å². The minimum atomic E-state index is -0.108. The van der Waals surface area contributed by atoms with Crippen LogP contribution >= 0.6 is 22.7 Å². The Morgan fingerprint density at radius 2 is 1.76 bits per heavy atom. The number of carbonyl (C=O) groups excluding carboxylic acids is 2. The molecule has 0 bridgehead atoms. The van der Waals surface area contributed by atoms with Crippen molar-refractivity contribution in [1.29, 1.82) is 0 Å². The van der Waals surface area contributed by atoms with E-state index in [2.05, 4.69) is 46.0 Å². The molecule has 0 aliphatic carbocycles. The van der Waals surface area contributed by atoms with Crippen LogP contribution in [0.5, 0.6) is 11.5 Å². The molecular weight excluding hydrogens is 675 g/mol. The quantitative estimate of drug-likeness (QED) is 0.140. The van der Waals surface area contributed by atoms with Crippen LogP contribution in [0.2, 0.25) is 0 Å². The van der Waals surface area contributed by atoms with Crippen LogP contribution < -0.4 is 20.1 Å². The summed E-state index contributed by atoms with van der Waals surface area (Å²) in [6.07, 6.45) is 3.75. The summed E-state index contributed by atoms with van der Waals surface area (Å²) in [7, 11) is 0. The van der Waals surface area contributed by atoms with Crippen molar-refractivity contribution in [1.82, 2.24) is 35.3 Å². The minimum absolute atomic E-state index is 0.0704. The van der Waals surface area contributed by atoms with Crippen LogP contribution in [0.3, 0.4) is 0 Å². The Balaban J connectivity index is 0.000000157. The largest absolute Gasteiger partial charge is 0.486 e. The van der Waals surface area contributed by atoms with Gasteiger partial charge in [-0.1, -0.05) is 24.3 Å². The van der Waals surface area contributed by atoms with Crippen LogP contribution in [-0.2, 0) is 22.4 Å². The van der Waals surface area contributed by atoms with Gasteiger partial charge in [-0.25, -0.2) is 9.97 Å². The van der Waals surface area contributed by atoms with E-state index in [0.29, 0.717) is 36.3 Å². The molecule has 50 heavy (non-hydrogen) atoms. The first kappa shape index (κ1) is 32.6. The molecule has 2 amide bonds. The molecule has 5 aromatic heterocycles. The second-order valence-corrected chi connectivity index (χ2v) is 13.1. The number of amides is 2. The van der Waals surface area contributed by atoms with Crippen molar-refractivity contribution >= 4 is 56.1 Å². The summed E-state index contributed by atoms with van der Waals surface area (Å²) in [6.45, 7) is 4.90. The molecule has 0 radical (unpaired) electrons. The maximum absolute atomic E-state index is 12.6. The van der Waals surface area contributed by atoms with E-state index in [-0.39, 0.29) is 24.7 Å². The van der Waals surface area contributed by atoms with Crippen LogP contribution in [0.25, 0.3) is 33.0 Å². The number of hydrogen-bond donors (Lipinski definition) is 4. The number of nitrogens with zero attached hydrogens (tertiary/aromatic N) is 5. The molecule has 0 saturated heterocycles. The van der Waals surface area contributed by atoms with Crippen molar-refractivity contribution in [3.63, 3.8) is 0 Å². The summed E-state index contributed by atoms with van der Waals surface area (Å²) in [5.41, 5.74) is 5.36. The molecule has 0 atom stereocenters. The number of pyridine rings is 1. The number of ether oxygens (including phenoxy) is 2. The van der Waals surface area contributed by atoms with Gasteiger partial charge in [0.25, 0.3) is 0 Å². The zero-order valence-electron chi connectivity index (χ0n) is 27.0. The first-order valence-corrected chi connectivity index (χ1v) is 17.4. The molecule has 4 N–H and O–H groups in total. The molecule has 8 rings (SSSR count). The molecule has 15 heteroatoms. The second kappa shape index (κ2) is 14.7. The summed E-state index contributed by atoms with van der Waals surface area (Å²) in [5, 5.41) is 25.3. The number of anilines is 2. The van der Waals surface area contributed by atoms with Crippen LogP contribution in [0.1, 0.15) is 22.5 Å². The first-order valence-electron chi connectivity index (χ1n) is 15.6. The lowest BCUT2D eigenvalue weighted by Gasteiger charge is -2.18. The summed E-state index contributed by atoms with van der Waals surface area (Å²) in [6, 6.07) is 17.1. The van der Waals surface area contributed by atoms with E-state index in [4.69, 9.17) is 9.47 Å².